The van der Waals surface area contributed by atoms with Crippen molar-refractivity contribution in [2.45, 2.75) is 12.5 Å². The predicted molar refractivity (Wildman–Crippen MR) is 123 cm³/mol. The van der Waals surface area contributed by atoms with E-state index in [9.17, 15) is 4.79 Å². The minimum Gasteiger partial charge on any atom is -0.495 e. The molecule has 12 heteroatoms. The van der Waals surface area contributed by atoms with E-state index in [4.69, 9.17) is 37.2 Å². The summed E-state index contributed by atoms with van der Waals surface area (Å²) in [6.45, 7) is 0.519. The molecule has 0 bridgehead atoms. The van der Waals surface area contributed by atoms with Crippen LogP contribution < -0.4 is 9.47 Å². The van der Waals surface area contributed by atoms with Gasteiger partial charge in [-0.2, -0.15) is 20.0 Å². The van der Waals surface area contributed by atoms with E-state index in [0.717, 1.165) is 0 Å². The zero-order valence-corrected chi connectivity index (χ0v) is 19.6. The van der Waals surface area contributed by atoms with Crippen LogP contribution in [0.4, 0.5) is 0 Å². The molecule has 0 spiro atoms. The minimum atomic E-state index is -0.365. The van der Waals surface area contributed by atoms with Crippen LogP contribution >= 0.6 is 23.2 Å². The molecule has 3 heterocycles. The van der Waals surface area contributed by atoms with E-state index in [1.807, 2.05) is 0 Å². The van der Waals surface area contributed by atoms with Gasteiger partial charge < -0.3 is 18.9 Å². The van der Waals surface area contributed by atoms with Gasteiger partial charge in [-0.3, -0.25) is 4.79 Å². The highest BCUT2D eigenvalue weighted by Crippen LogP contribution is 2.39. The predicted octanol–water partition coefficient (Wildman–Crippen LogP) is 4.23. The van der Waals surface area contributed by atoms with Crippen LogP contribution in [0.5, 0.6) is 11.5 Å². The third-order valence-corrected chi connectivity index (χ3v) is 6.15. The molecule has 1 amide bonds. The molecular weight excluding hydrogens is 483 g/mol. The van der Waals surface area contributed by atoms with Crippen molar-refractivity contribution in [1.82, 2.24) is 30.0 Å². The Morgan fingerprint density at radius 3 is 2.59 bits per heavy atom. The second-order valence-electron chi connectivity index (χ2n) is 7.40. The smallest absolute Gasteiger partial charge is 0.261 e. The first-order valence-electron chi connectivity index (χ1n) is 10.2. The SMILES string of the molecule is COc1cc(C(=O)N2CCC2c2noc(-c3cccc(Cl)c3OC)n2)c(-n2nccn2)cc1Cl. The van der Waals surface area contributed by atoms with Crippen LogP contribution in [-0.4, -0.2) is 56.7 Å². The summed E-state index contributed by atoms with van der Waals surface area (Å²) in [5, 5.41) is 13.2. The number of aromatic nitrogens is 5. The standard InChI is InChI=1S/C22H18Cl2N6O4/c1-32-18-10-13(17(11-15(18)24)30-25-7-8-26-30)22(31)29-9-6-16(29)20-27-21(34-28-20)12-4-3-5-14(23)19(12)33-2/h3-5,7-8,10-11,16H,6,9H2,1-2H3. The Kier molecular flexibility index (Phi) is 5.84. The number of methoxy groups -OCH3 is 2. The molecule has 0 N–H and O–H groups in total. The highest BCUT2D eigenvalue weighted by molar-refractivity contribution is 6.32. The highest BCUT2D eigenvalue weighted by Gasteiger charge is 2.39. The molecule has 2 aromatic carbocycles. The zero-order chi connectivity index (χ0) is 23.8. The van der Waals surface area contributed by atoms with Gasteiger partial charge in [0.1, 0.15) is 17.2 Å². The van der Waals surface area contributed by atoms with Crippen LogP contribution in [0.3, 0.4) is 0 Å². The lowest BCUT2D eigenvalue weighted by Gasteiger charge is -2.39. The molecule has 1 unspecified atom stereocenters. The second kappa shape index (κ2) is 8.96. The normalized spacial score (nSPS) is 15.2. The molecule has 10 nitrogen and oxygen atoms in total. The van der Waals surface area contributed by atoms with Crippen LogP contribution in [0.2, 0.25) is 10.0 Å². The molecular formula is C22H18Cl2N6O4. The molecule has 1 atom stereocenters. The minimum absolute atomic E-state index is 0.253. The van der Waals surface area contributed by atoms with Crippen molar-refractivity contribution in [3.8, 4) is 28.6 Å². The first kappa shape index (κ1) is 22.2. The number of halogens is 2. The molecule has 4 aromatic rings. The molecule has 34 heavy (non-hydrogen) atoms. The fourth-order valence-electron chi connectivity index (χ4n) is 3.79. The average Bonchev–Trinajstić information content (AvgIpc) is 3.50. The lowest BCUT2D eigenvalue weighted by Crippen LogP contribution is -2.45. The van der Waals surface area contributed by atoms with Crippen molar-refractivity contribution >= 4 is 29.1 Å². The first-order chi connectivity index (χ1) is 16.5. The maximum absolute atomic E-state index is 13.6. The van der Waals surface area contributed by atoms with Crippen molar-refractivity contribution < 1.29 is 18.8 Å². The van der Waals surface area contributed by atoms with Crippen LogP contribution in [-0.2, 0) is 0 Å². The number of para-hydroxylation sites is 1. The van der Waals surface area contributed by atoms with Crippen molar-refractivity contribution in [2.75, 3.05) is 20.8 Å². The maximum Gasteiger partial charge on any atom is 0.261 e. The van der Waals surface area contributed by atoms with Crippen molar-refractivity contribution in [1.29, 1.82) is 0 Å². The number of carbonyl (C=O) groups is 1. The lowest BCUT2D eigenvalue weighted by molar-refractivity contribution is 0.0435. The average molecular weight is 501 g/mol. The summed E-state index contributed by atoms with van der Waals surface area (Å²) in [5.41, 5.74) is 1.34. The molecule has 2 aromatic heterocycles. The van der Waals surface area contributed by atoms with E-state index in [1.165, 1.54) is 31.4 Å². The number of benzene rings is 2. The number of ether oxygens (including phenoxy) is 2. The van der Waals surface area contributed by atoms with Gasteiger partial charge in [-0.25, -0.2) is 0 Å². The molecule has 1 fully saturated rings. The Balaban J connectivity index is 1.47. The Morgan fingerprint density at radius 1 is 1.12 bits per heavy atom. The van der Waals surface area contributed by atoms with Gasteiger partial charge in [0.25, 0.3) is 11.8 Å². The largest absolute Gasteiger partial charge is 0.495 e. The summed E-state index contributed by atoms with van der Waals surface area (Å²) in [5.74, 6) is 1.18. The van der Waals surface area contributed by atoms with Crippen molar-refractivity contribution in [3.63, 3.8) is 0 Å². The summed E-state index contributed by atoms with van der Waals surface area (Å²) in [4.78, 5) is 21.1. The number of carbonyl (C=O) groups excluding carboxylic acids is 1. The molecule has 0 radical (unpaired) electrons. The molecule has 1 aliphatic rings. The molecule has 0 saturated carbocycles. The summed E-state index contributed by atoms with van der Waals surface area (Å²) in [6, 6.07) is 8.06. The van der Waals surface area contributed by atoms with Gasteiger partial charge in [0, 0.05) is 6.54 Å². The summed E-state index contributed by atoms with van der Waals surface area (Å²) < 4.78 is 16.2. The fraction of sp³-hybridized carbons (Fsp3) is 0.227. The van der Waals surface area contributed by atoms with E-state index < -0.39 is 0 Å². The third kappa shape index (κ3) is 3.74. The zero-order valence-electron chi connectivity index (χ0n) is 18.1. The molecule has 0 aliphatic carbocycles. The van der Waals surface area contributed by atoms with Gasteiger partial charge in [0.15, 0.2) is 5.82 Å². The Hall–Kier alpha value is -3.63. The third-order valence-electron chi connectivity index (χ3n) is 5.56. The Bertz CT molecular complexity index is 1360. The van der Waals surface area contributed by atoms with Gasteiger partial charge in [0.05, 0.1) is 53.8 Å². The number of nitrogens with zero attached hydrogens (tertiary/aromatic N) is 6. The molecule has 1 aliphatic heterocycles. The first-order valence-corrected chi connectivity index (χ1v) is 11.0. The van der Waals surface area contributed by atoms with Gasteiger partial charge in [0.2, 0.25) is 0 Å². The second-order valence-corrected chi connectivity index (χ2v) is 8.22. The maximum atomic E-state index is 13.6. The molecule has 1 saturated heterocycles. The number of amides is 1. The number of hydrogen-bond donors (Lipinski definition) is 0. The van der Waals surface area contributed by atoms with Gasteiger partial charge in [-0.15, -0.1) is 0 Å². The quantitative estimate of drug-likeness (QED) is 0.386. The molecule has 174 valence electrons. The van der Waals surface area contributed by atoms with Crippen LogP contribution in [0.25, 0.3) is 17.1 Å². The topological polar surface area (TPSA) is 108 Å². The van der Waals surface area contributed by atoms with Gasteiger partial charge in [-0.1, -0.05) is 34.4 Å². The summed E-state index contributed by atoms with van der Waals surface area (Å²) in [7, 11) is 3.00. The Labute approximate surface area is 204 Å². The summed E-state index contributed by atoms with van der Waals surface area (Å²) >= 11 is 12.5. The lowest BCUT2D eigenvalue weighted by atomic mass is 9.99. The monoisotopic (exact) mass is 500 g/mol. The van der Waals surface area contributed by atoms with Crippen LogP contribution in [0.15, 0.2) is 47.2 Å². The van der Waals surface area contributed by atoms with Gasteiger partial charge >= 0.3 is 0 Å². The van der Waals surface area contributed by atoms with Crippen molar-refractivity contribution in [2.24, 2.45) is 0 Å². The van der Waals surface area contributed by atoms with Crippen LogP contribution in [0.1, 0.15) is 28.6 Å². The summed E-state index contributed by atoms with van der Waals surface area (Å²) in [6.07, 6.45) is 3.71. The fourth-order valence-corrected chi connectivity index (χ4v) is 4.28. The Morgan fingerprint density at radius 2 is 1.91 bits per heavy atom. The van der Waals surface area contributed by atoms with E-state index in [1.54, 1.807) is 35.2 Å². The number of likely N-dealkylation sites (tertiary alicyclic amines) is 1. The van der Waals surface area contributed by atoms with E-state index in [2.05, 4.69) is 20.3 Å². The van der Waals surface area contributed by atoms with Crippen LogP contribution in [0, 0.1) is 0 Å². The van der Waals surface area contributed by atoms with E-state index >= 15 is 0 Å². The van der Waals surface area contributed by atoms with Crippen molar-refractivity contribution in [3.05, 3.63) is 64.2 Å². The van der Waals surface area contributed by atoms with E-state index in [0.29, 0.717) is 57.1 Å². The van der Waals surface area contributed by atoms with E-state index in [-0.39, 0.29) is 17.8 Å². The highest BCUT2D eigenvalue weighted by atomic mass is 35.5. The number of hydrogen-bond acceptors (Lipinski definition) is 8. The van der Waals surface area contributed by atoms with Gasteiger partial charge in [-0.05, 0) is 30.7 Å². The molecule has 5 rings (SSSR count). The number of rotatable bonds is 6.